The lowest BCUT2D eigenvalue weighted by Crippen LogP contribution is -2.31. The first-order valence-electron chi connectivity index (χ1n) is 7.28. The molecule has 1 N–H and O–H groups in total. The van der Waals surface area contributed by atoms with Crippen molar-refractivity contribution in [2.24, 2.45) is 0 Å². The molecule has 0 aliphatic carbocycles. The van der Waals surface area contributed by atoms with Crippen molar-refractivity contribution in [1.29, 1.82) is 0 Å². The molecule has 24 heavy (non-hydrogen) atoms. The zero-order valence-corrected chi connectivity index (χ0v) is 13.6. The fourth-order valence-corrected chi connectivity index (χ4v) is 2.17. The summed E-state index contributed by atoms with van der Waals surface area (Å²) in [6.07, 6.45) is 0.671. The second-order valence-electron chi connectivity index (χ2n) is 4.93. The maximum absolute atomic E-state index is 12.7. The Labute approximate surface area is 138 Å². The lowest BCUT2D eigenvalue weighted by atomic mass is 10.0. The van der Waals surface area contributed by atoms with Gasteiger partial charge in [-0.2, -0.15) is 13.2 Å². The van der Waals surface area contributed by atoms with Gasteiger partial charge in [0.2, 0.25) is 6.41 Å². The Morgan fingerprint density at radius 2 is 2.00 bits per heavy atom. The van der Waals surface area contributed by atoms with Gasteiger partial charge in [-0.1, -0.05) is 6.08 Å². The van der Waals surface area contributed by atoms with Crippen LogP contribution in [0.2, 0.25) is 0 Å². The predicted octanol–water partition coefficient (Wildman–Crippen LogP) is 3.64. The van der Waals surface area contributed by atoms with E-state index in [1.54, 1.807) is 26.0 Å². The van der Waals surface area contributed by atoms with E-state index >= 15 is 0 Å². The van der Waals surface area contributed by atoms with Crippen molar-refractivity contribution in [2.75, 3.05) is 6.54 Å². The van der Waals surface area contributed by atoms with Crippen LogP contribution in [0.5, 0.6) is 0 Å². The normalized spacial score (nSPS) is 12.3. The number of amides is 2. The van der Waals surface area contributed by atoms with E-state index in [0.717, 1.165) is 12.1 Å². The van der Waals surface area contributed by atoms with Gasteiger partial charge in [0.25, 0.3) is 5.91 Å². The number of allylic oxidation sites excluding steroid dienone is 2. The molecule has 0 bridgehead atoms. The SMILES string of the molecule is C/C=C\C(=C/NC=O)N(CC)C(=O)c1ccc(C(F)(F)F)cc1C. The highest BCUT2D eigenvalue weighted by Gasteiger charge is 2.31. The molecule has 7 heteroatoms. The van der Waals surface area contributed by atoms with Crippen LogP contribution in [0.1, 0.15) is 35.3 Å². The summed E-state index contributed by atoms with van der Waals surface area (Å²) in [5.74, 6) is -0.444. The lowest BCUT2D eigenvalue weighted by Gasteiger charge is -2.23. The van der Waals surface area contributed by atoms with E-state index in [9.17, 15) is 22.8 Å². The average Bonchev–Trinajstić information content (AvgIpc) is 2.52. The van der Waals surface area contributed by atoms with Gasteiger partial charge < -0.3 is 10.2 Å². The number of aryl methyl sites for hydroxylation is 1. The van der Waals surface area contributed by atoms with Crippen LogP contribution in [-0.2, 0) is 11.0 Å². The van der Waals surface area contributed by atoms with Gasteiger partial charge in [0.15, 0.2) is 0 Å². The monoisotopic (exact) mass is 340 g/mol. The van der Waals surface area contributed by atoms with E-state index in [0.29, 0.717) is 12.1 Å². The molecule has 0 heterocycles. The van der Waals surface area contributed by atoms with Gasteiger partial charge in [0.05, 0.1) is 11.3 Å². The molecule has 0 aliphatic heterocycles. The summed E-state index contributed by atoms with van der Waals surface area (Å²) in [5, 5.41) is 2.36. The fraction of sp³-hybridized carbons (Fsp3) is 0.294. The minimum absolute atomic E-state index is 0.173. The number of carbonyl (C=O) groups is 2. The third-order valence-electron chi connectivity index (χ3n) is 3.29. The first kappa shape index (κ1) is 19.5. The third-order valence-corrected chi connectivity index (χ3v) is 3.29. The summed E-state index contributed by atoms with van der Waals surface area (Å²) in [5.41, 5.74) is 0.0330. The largest absolute Gasteiger partial charge is 0.416 e. The lowest BCUT2D eigenvalue weighted by molar-refractivity contribution is -0.137. The quantitative estimate of drug-likeness (QED) is 0.635. The standard InChI is InChI=1S/C17H19F3N2O2/c1-4-6-14(10-21-11-23)22(5-2)16(24)15-8-7-13(9-12(15)3)17(18,19)20/h4,6-11H,5H2,1-3H3,(H,21,23)/b6-4-,14-10+. The second kappa shape index (κ2) is 8.33. The Bertz CT molecular complexity index is 664. The molecule has 0 saturated heterocycles. The average molecular weight is 340 g/mol. The molecule has 1 aromatic carbocycles. The first-order chi connectivity index (χ1) is 11.3. The molecule has 130 valence electrons. The van der Waals surface area contributed by atoms with Crippen molar-refractivity contribution >= 4 is 12.3 Å². The van der Waals surface area contributed by atoms with Crippen LogP contribution in [0.15, 0.2) is 42.2 Å². The molecule has 0 saturated carbocycles. The number of nitrogens with zero attached hydrogens (tertiary/aromatic N) is 1. The zero-order chi connectivity index (χ0) is 18.3. The first-order valence-corrected chi connectivity index (χ1v) is 7.28. The Morgan fingerprint density at radius 3 is 2.46 bits per heavy atom. The predicted molar refractivity (Wildman–Crippen MR) is 85.0 cm³/mol. The molecule has 4 nitrogen and oxygen atoms in total. The summed E-state index contributed by atoms with van der Waals surface area (Å²) >= 11 is 0. The number of carbonyl (C=O) groups excluding carboxylic acids is 2. The van der Waals surface area contributed by atoms with Gasteiger partial charge in [0, 0.05) is 18.3 Å². The molecular formula is C17H19F3N2O2. The zero-order valence-electron chi connectivity index (χ0n) is 13.6. The molecule has 0 aromatic heterocycles. The van der Waals surface area contributed by atoms with Crippen LogP contribution in [0.3, 0.4) is 0 Å². The van der Waals surface area contributed by atoms with Crippen LogP contribution >= 0.6 is 0 Å². The van der Waals surface area contributed by atoms with Crippen molar-refractivity contribution in [1.82, 2.24) is 10.2 Å². The summed E-state index contributed by atoms with van der Waals surface area (Å²) in [6.45, 7) is 5.22. The molecule has 1 aromatic rings. The van der Waals surface area contributed by atoms with Crippen LogP contribution in [0, 0.1) is 6.92 Å². The number of rotatable bonds is 6. The summed E-state index contributed by atoms with van der Waals surface area (Å²) < 4.78 is 38.2. The van der Waals surface area contributed by atoms with Gasteiger partial charge in [-0.3, -0.25) is 9.59 Å². The number of likely N-dealkylation sites (N-methyl/N-ethyl adjacent to an activating group) is 1. The van der Waals surface area contributed by atoms with E-state index in [-0.39, 0.29) is 17.7 Å². The molecule has 0 radical (unpaired) electrons. The smallest absolute Gasteiger partial charge is 0.333 e. The van der Waals surface area contributed by atoms with Crippen molar-refractivity contribution in [3.8, 4) is 0 Å². The van der Waals surface area contributed by atoms with Gasteiger partial charge in [-0.05, 0) is 50.6 Å². The van der Waals surface area contributed by atoms with E-state index < -0.39 is 17.6 Å². The molecule has 0 spiro atoms. The van der Waals surface area contributed by atoms with Crippen molar-refractivity contribution in [3.05, 3.63) is 58.9 Å². The molecule has 0 unspecified atom stereocenters. The van der Waals surface area contributed by atoms with E-state index in [2.05, 4.69) is 5.32 Å². The minimum Gasteiger partial charge on any atom is -0.333 e. The topological polar surface area (TPSA) is 49.4 Å². The molecule has 0 fully saturated rings. The number of halogens is 3. The van der Waals surface area contributed by atoms with E-state index in [1.165, 1.54) is 24.1 Å². The Balaban J connectivity index is 3.24. The number of hydrogen-bond donors (Lipinski definition) is 1. The Morgan fingerprint density at radius 1 is 1.33 bits per heavy atom. The second-order valence-corrected chi connectivity index (χ2v) is 4.93. The number of alkyl halides is 3. The highest BCUT2D eigenvalue weighted by atomic mass is 19.4. The summed E-state index contributed by atoms with van der Waals surface area (Å²) in [4.78, 5) is 24.5. The highest BCUT2D eigenvalue weighted by Crippen LogP contribution is 2.30. The summed E-state index contributed by atoms with van der Waals surface area (Å²) in [6, 6.07) is 3.00. The molecular weight excluding hydrogens is 321 g/mol. The molecule has 1 rings (SSSR count). The van der Waals surface area contributed by atoms with Gasteiger partial charge in [-0.15, -0.1) is 0 Å². The molecule has 2 amide bonds. The van der Waals surface area contributed by atoms with Crippen molar-refractivity contribution in [2.45, 2.75) is 26.9 Å². The highest BCUT2D eigenvalue weighted by molar-refractivity contribution is 5.97. The van der Waals surface area contributed by atoms with E-state index in [1.807, 2.05) is 0 Å². The summed E-state index contributed by atoms with van der Waals surface area (Å²) in [7, 11) is 0. The molecule has 0 atom stereocenters. The van der Waals surface area contributed by atoms with Crippen molar-refractivity contribution in [3.63, 3.8) is 0 Å². The fourth-order valence-electron chi connectivity index (χ4n) is 2.17. The maximum atomic E-state index is 12.7. The van der Waals surface area contributed by atoms with Crippen LogP contribution in [0.4, 0.5) is 13.2 Å². The Kier molecular flexibility index (Phi) is 6.76. The van der Waals surface area contributed by atoms with Gasteiger partial charge >= 0.3 is 6.18 Å². The number of benzene rings is 1. The van der Waals surface area contributed by atoms with Crippen LogP contribution in [0.25, 0.3) is 0 Å². The van der Waals surface area contributed by atoms with Crippen LogP contribution in [-0.4, -0.2) is 23.8 Å². The Hall–Kier alpha value is -2.57. The van der Waals surface area contributed by atoms with Crippen molar-refractivity contribution < 1.29 is 22.8 Å². The third kappa shape index (κ3) is 4.71. The molecule has 0 aliphatic rings. The van der Waals surface area contributed by atoms with Gasteiger partial charge in [0.1, 0.15) is 0 Å². The van der Waals surface area contributed by atoms with Crippen LogP contribution < -0.4 is 5.32 Å². The number of hydrogen-bond acceptors (Lipinski definition) is 2. The minimum atomic E-state index is -4.46. The van der Waals surface area contributed by atoms with Gasteiger partial charge in [-0.25, -0.2) is 0 Å². The van der Waals surface area contributed by atoms with E-state index in [4.69, 9.17) is 0 Å². The maximum Gasteiger partial charge on any atom is 0.416 e. The number of nitrogens with one attached hydrogen (secondary N) is 1.